The number of anilines is 1. The van der Waals surface area contributed by atoms with Gasteiger partial charge < -0.3 is 9.80 Å². The van der Waals surface area contributed by atoms with Gasteiger partial charge in [0.25, 0.3) is 0 Å². The molecule has 0 radical (unpaired) electrons. The second-order valence-corrected chi connectivity index (χ2v) is 5.72. The molecule has 2 saturated heterocycles. The summed E-state index contributed by atoms with van der Waals surface area (Å²) in [6, 6.07) is 0.762. The SMILES string of the molecule is CCN1CCN(C2CN(c3nccs3)C2)CC1. The van der Waals surface area contributed by atoms with Gasteiger partial charge in [0, 0.05) is 56.9 Å². The summed E-state index contributed by atoms with van der Waals surface area (Å²) in [7, 11) is 0. The molecule has 0 atom stereocenters. The Hall–Kier alpha value is -0.650. The molecule has 4 nitrogen and oxygen atoms in total. The Bertz CT molecular complexity index is 339. The van der Waals surface area contributed by atoms with Crippen molar-refractivity contribution < 1.29 is 0 Å². The molecule has 1 aromatic heterocycles. The maximum Gasteiger partial charge on any atom is 0.185 e. The minimum absolute atomic E-state index is 0.762. The largest absolute Gasteiger partial charge is 0.345 e. The van der Waals surface area contributed by atoms with Crippen molar-refractivity contribution in [3.05, 3.63) is 11.6 Å². The molecule has 0 amide bonds. The fourth-order valence-corrected chi connectivity index (χ4v) is 3.32. The standard InChI is InChI=1S/C12H20N4S/c1-2-14-4-6-15(7-5-14)11-9-16(10-11)12-13-3-8-17-12/h3,8,11H,2,4-7,9-10H2,1H3. The van der Waals surface area contributed by atoms with Crippen molar-refractivity contribution in [1.82, 2.24) is 14.8 Å². The number of nitrogens with zero attached hydrogens (tertiary/aromatic N) is 4. The summed E-state index contributed by atoms with van der Waals surface area (Å²) in [6.45, 7) is 10.7. The van der Waals surface area contributed by atoms with Gasteiger partial charge >= 0.3 is 0 Å². The van der Waals surface area contributed by atoms with Gasteiger partial charge in [0.15, 0.2) is 5.13 Å². The van der Waals surface area contributed by atoms with Crippen molar-refractivity contribution in [1.29, 1.82) is 0 Å². The zero-order valence-electron chi connectivity index (χ0n) is 10.4. The predicted molar refractivity (Wildman–Crippen MR) is 71.8 cm³/mol. The van der Waals surface area contributed by atoms with Crippen molar-refractivity contribution in [3.63, 3.8) is 0 Å². The van der Waals surface area contributed by atoms with E-state index >= 15 is 0 Å². The molecule has 17 heavy (non-hydrogen) atoms. The Morgan fingerprint density at radius 1 is 1.29 bits per heavy atom. The quantitative estimate of drug-likeness (QED) is 0.799. The van der Waals surface area contributed by atoms with Crippen LogP contribution in [0.5, 0.6) is 0 Å². The minimum atomic E-state index is 0.762. The molecular formula is C12H20N4S. The van der Waals surface area contributed by atoms with E-state index in [4.69, 9.17) is 0 Å². The van der Waals surface area contributed by atoms with Gasteiger partial charge in [-0.15, -0.1) is 11.3 Å². The van der Waals surface area contributed by atoms with Gasteiger partial charge in [0.1, 0.15) is 0 Å². The van der Waals surface area contributed by atoms with Crippen LogP contribution in [0.15, 0.2) is 11.6 Å². The lowest BCUT2D eigenvalue weighted by Gasteiger charge is -2.48. The third-order valence-electron chi connectivity index (χ3n) is 3.92. The molecule has 0 aliphatic carbocycles. The molecule has 2 fully saturated rings. The van der Waals surface area contributed by atoms with Gasteiger partial charge in [-0.2, -0.15) is 0 Å². The summed E-state index contributed by atoms with van der Waals surface area (Å²) < 4.78 is 0. The van der Waals surface area contributed by atoms with Crippen LogP contribution in [0.25, 0.3) is 0 Å². The molecule has 1 aromatic rings. The van der Waals surface area contributed by atoms with Crippen molar-refractivity contribution in [3.8, 4) is 0 Å². The summed E-state index contributed by atoms with van der Waals surface area (Å²) in [6.07, 6.45) is 1.90. The smallest absolute Gasteiger partial charge is 0.185 e. The summed E-state index contributed by atoms with van der Waals surface area (Å²) in [4.78, 5) is 11.9. The zero-order valence-corrected chi connectivity index (χ0v) is 11.2. The van der Waals surface area contributed by atoms with Crippen LogP contribution in [0.4, 0.5) is 5.13 Å². The van der Waals surface area contributed by atoms with Crippen LogP contribution in [-0.4, -0.2) is 66.6 Å². The van der Waals surface area contributed by atoms with Crippen molar-refractivity contribution in [2.24, 2.45) is 0 Å². The first-order chi connectivity index (χ1) is 8.36. The highest BCUT2D eigenvalue weighted by Crippen LogP contribution is 2.25. The molecular weight excluding hydrogens is 232 g/mol. The molecule has 0 bridgehead atoms. The number of rotatable bonds is 3. The van der Waals surface area contributed by atoms with E-state index in [0.717, 1.165) is 6.04 Å². The highest BCUT2D eigenvalue weighted by atomic mass is 32.1. The number of likely N-dealkylation sites (N-methyl/N-ethyl adjacent to an activating group) is 1. The molecule has 0 spiro atoms. The first-order valence-electron chi connectivity index (χ1n) is 6.47. The Morgan fingerprint density at radius 3 is 2.65 bits per heavy atom. The highest BCUT2D eigenvalue weighted by molar-refractivity contribution is 7.13. The Labute approximate surface area is 107 Å². The third kappa shape index (κ3) is 2.32. The number of thiazole rings is 1. The molecule has 0 saturated carbocycles. The molecule has 3 rings (SSSR count). The summed E-state index contributed by atoms with van der Waals surface area (Å²) in [5.74, 6) is 0. The molecule has 5 heteroatoms. The summed E-state index contributed by atoms with van der Waals surface area (Å²) in [5, 5.41) is 3.25. The van der Waals surface area contributed by atoms with Crippen LogP contribution in [0.2, 0.25) is 0 Å². The topological polar surface area (TPSA) is 22.6 Å². The van der Waals surface area contributed by atoms with Crippen LogP contribution in [-0.2, 0) is 0 Å². The van der Waals surface area contributed by atoms with E-state index in [1.54, 1.807) is 11.3 Å². The van der Waals surface area contributed by atoms with E-state index in [9.17, 15) is 0 Å². The minimum Gasteiger partial charge on any atom is -0.345 e. The van der Waals surface area contributed by atoms with Crippen molar-refractivity contribution in [2.45, 2.75) is 13.0 Å². The van der Waals surface area contributed by atoms with Crippen molar-refractivity contribution in [2.75, 3.05) is 50.7 Å². The number of piperazine rings is 1. The van der Waals surface area contributed by atoms with Crippen LogP contribution in [0.1, 0.15) is 6.92 Å². The van der Waals surface area contributed by atoms with Crippen LogP contribution in [0, 0.1) is 0 Å². The van der Waals surface area contributed by atoms with E-state index in [2.05, 4.69) is 32.0 Å². The Balaban J connectivity index is 1.47. The number of hydrogen-bond donors (Lipinski definition) is 0. The lowest BCUT2D eigenvalue weighted by atomic mass is 10.1. The average Bonchev–Trinajstić information content (AvgIpc) is 2.82. The van der Waals surface area contributed by atoms with E-state index < -0.39 is 0 Å². The fraction of sp³-hybridized carbons (Fsp3) is 0.750. The average molecular weight is 252 g/mol. The highest BCUT2D eigenvalue weighted by Gasteiger charge is 2.34. The maximum absolute atomic E-state index is 4.36. The summed E-state index contributed by atoms with van der Waals surface area (Å²) in [5.41, 5.74) is 0. The van der Waals surface area contributed by atoms with Crippen LogP contribution < -0.4 is 4.90 Å². The number of hydrogen-bond acceptors (Lipinski definition) is 5. The molecule has 0 unspecified atom stereocenters. The first kappa shape index (κ1) is 11.4. The predicted octanol–water partition coefficient (Wildman–Crippen LogP) is 0.969. The lowest BCUT2D eigenvalue weighted by Crippen LogP contribution is -2.63. The molecule has 94 valence electrons. The normalized spacial score (nSPS) is 23.9. The Morgan fingerprint density at radius 2 is 2.06 bits per heavy atom. The third-order valence-corrected chi connectivity index (χ3v) is 4.75. The van der Waals surface area contributed by atoms with E-state index in [0.29, 0.717) is 0 Å². The van der Waals surface area contributed by atoms with E-state index in [-0.39, 0.29) is 0 Å². The second-order valence-electron chi connectivity index (χ2n) is 4.84. The van der Waals surface area contributed by atoms with Crippen LogP contribution >= 0.6 is 11.3 Å². The monoisotopic (exact) mass is 252 g/mol. The molecule has 2 aliphatic rings. The molecule has 3 heterocycles. The number of aromatic nitrogens is 1. The fourth-order valence-electron chi connectivity index (χ4n) is 2.66. The van der Waals surface area contributed by atoms with Gasteiger partial charge in [-0.3, -0.25) is 4.90 Å². The van der Waals surface area contributed by atoms with Gasteiger partial charge in [0.05, 0.1) is 0 Å². The molecule has 0 aromatic carbocycles. The zero-order chi connectivity index (χ0) is 11.7. The second kappa shape index (κ2) is 4.92. The van der Waals surface area contributed by atoms with E-state index in [1.807, 2.05) is 6.20 Å². The lowest BCUT2D eigenvalue weighted by molar-refractivity contribution is 0.0861. The van der Waals surface area contributed by atoms with Gasteiger partial charge in [-0.05, 0) is 6.54 Å². The van der Waals surface area contributed by atoms with Gasteiger partial charge in [-0.25, -0.2) is 4.98 Å². The van der Waals surface area contributed by atoms with Gasteiger partial charge in [-0.1, -0.05) is 6.92 Å². The van der Waals surface area contributed by atoms with Crippen LogP contribution in [0.3, 0.4) is 0 Å². The molecule has 0 N–H and O–H groups in total. The maximum atomic E-state index is 4.36. The Kier molecular flexibility index (Phi) is 3.31. The van der Waals surface area contributed by atoms with Crippen molar-refractivity contribution >= 4 is 16.5 Å². The van der Waals surface area contributed by atoms with Gasteiger partial charge in [0.2, 0.25) is 0 Å². The van der Waals surface area contributed by atoms with E-state index in [1.165, 1.54) is 50.9 Å². The molecule has 2 aliphatic heterocycles. The summed E-state index contributed by atoms with van der Waals surface area (Å²) >= 11 is 1.75. The first-order valence-corrected chi connectivity index (χ1v) is 7.35.